The Bertz CT molecular complexity index is 553. The van der Waals surface area contributed by atoms with Gasteiger partial charge in [0.2, 0.25) is 0 Å². The maximum atomic E-state index is 10.9. The molecule has 72 valence electrons. The number of benzene rings is 2. The van der Waals surface area contributed by atoms with E-state index in [0.29, 0.717) is 15.3 Å². The zero-order valence-corrected chi connectivity index (χ0v) is 8.76. The van der Waals surface area contributed by atoms with Gasteiger partial charge in [-0.15, -0.1) is 0 Å². The summed E-state index contributed by atoms with van der Waals surface area (Å²) in [6.07, 6.45) is 0. The summed E-state index contributed by atoms with van der Waals surface area (Å²) in [6, 6.07) is 10.3. The molecule has 0 spiro atoms. The van der Waals surface area contributed by atoms with E-state index in [2.05, 4.69) is 0 Å². The quantitative estimate of drug-likeness (QED) is 0.758. The minimum Gasteiger partial charge on any atom is -0.227 e. The van der Waals surface area contributed by atoms with Gasteiger partial charge < -0.3 is 0 Å². The molecule has 0 aliphatic heterocycles. The Hall–Kier alpha value is -1.06. The SMILES string of the molecule is O=[SH](=O)c1cccc2cc(Cl)ccc12. The summed E-state index contributed by atoms with van der Waals surface area (Å²) < 4.78 is 21.8. The number of hydrogen-bond donors (Lipinski definition) is 1. The van der Waals surface area contributed by atoms with E-state index in [1.807, 2.05) is 6.07 Å². The van der Waals surface area contributed by atoms with Crippen molar-refractivity contribution in [3.05, 3.63) is 41.4 Å². The molecule has 0 heterocycles. The summed E-state index contributed by atoms with van der Waals surface area (Å²) in [4.78, 5) is 0.342. The van der Waals surface area contributed by atoms with Crippen LogP contribution in [0, 0.1) is 0 Å². The smallest absolute Gasteiger partial charge is 0.168 e. The first-order chi connectivity index (χ1) is 6.68. The molecule has 0 saturated heterocycles. The number of fused-ring (bicyclic) bond motifs is 1. The maximum Gasteiger partial charge on any atom is 0.168 e. The lowest BCUT2D eigenvalue weighted by Gasteiger charge is -2.00. The largest absolute Gasteiger partial charge is 0.227 e. The van der Waals surface area contributed by atoms with Gasteiger partial charge in [0, 0.05) is 10.4 Å². The van der Waals surface area contributed by atoms with Crippen molar-refractivity contribution in [2.75, 3.05) is 0 Å². The van der Waals surface area contributed by atoms with Crippen molar-refractivity contribution in [1.29, 1.82) is 0 Å². The molecule has 0 aliphatic rings. The fraction of sp³-hybridized carbons (Fsp3) is 0. The predicted octanol–water partition coefficient (Wildman–Crippen LogP) is 2.46. The highest BCUT2D eigenvalue weighted by Crippen LogP contribution is 2.23. The van der Waals surface area contributed by atoms with E-state index in [1.54, 1.807) is 30.3 Å². The normalized spacial score (nSPS) is 11.0. The summed E-state index contributed by atoms with van der Waals surface area (Å²) in [5.74, 6) is 0. The highest BCUT2D eigenvalue weighted by atomic mass is 35.5. The monoisotopic (exact) mass is 226 g/mol. The van der Waals surface area contributed by atoms with Gasteiger partial charge >= 0.3 is 0 Å². The lowest BCUT2D eigenvalue weighted by Crippen LogP contribution is -1.82. The van der Waals surface area contributed by atoms with Crippen LogP contribution >= 0.6 is 11.6 Å². The first-order valence-corrected chi connectivity index (χ1v) is 5.57. The van der Waals surface area contributed by atoms with Gasteiger partial charge in [-0.1, -0.05) is 29.8 Å². The first kappa shape index (κ1) is 9.49. The van der Waals surface area contributed by atoms with Crippen molar-refractivity contribution < 1.29 is 8.42 Å². The summed E-state index contributed by atoms with van der Waals surface area (Å²) in [5, 5.41) is 2.16. The number of rotatable bonds is 1. The minimum absolute atomic E-state index is 0.342. The Labute approximate surface area is 88.1 Å². The van der Waals surface area contributed by atoms with Gasteiger partial charge in [0.05, 0.1) is 4.90 Å². The molecule has 0 unspecified atom stereocenters. The van der Waals surface area contributed by atoms with Crippen molar-refractivity contribution >= 4 is 33.1 Å². The fourth-order valence-corrected chi connectivity index (χ4v) is 2.19. The number of halogens is 1. The Morgan fingerprint density at radius 3 is 2.57 bits per heavy atom. The number of thiol groups is 1. The summed E-state index contributed by atoms with van der Waals surface area (Å²) in [5.41, 5.74) is 0. The molecule has 0 aliphatic carbocycles. The van der Waals surface area contributed by atoms with Crippen LogP contribution in [0.15, 0.2) is 41.3 Å². The van der Waals surface area contributed by atoms with Crippen molar-refractivity contribution in [1.82, 2.24) is 0 Å². The molecular weight excluding hydrogens is 220 g/mol. The molecule has 14 heavy (non-hydrogen) atoms. The van der Waals surface area contributed by atoms with Crippen LogP contribution in [0.3, 0.4) is 0 Å². The van der Waals surface area contributed by atoms with Crippen molar-refractivity contribution in [3.63, 3.8) is 0 Å². The molecule has 4 heteroatoms. The lowest BCUT2D eigenvalue weighted by molar-refractivity contribution is 0.615. The van der Waals surface area contributed by atoms with Crippen LogP contribution in [-0.2, 0) is 10.7 Å². The van der Waals surface area contributed by atoms with Crippen LogP contribution in [0.25, 0.3) is 10.8 Å². The van der Waals surface area contributed by atoms with Gasteiger partial charge in [-0.25, -0.2) is 8.42 Å². The average Bonchev–Trinajstić information content (AvgIpc) is 2.16. The number of hydrogen-bond acceptors (Lipinski definition) is 2. The van der Waals surface area contributed by atoms with Crippen LogP contribution in [-0.4, -0.2) is 8.42 Å². The summed E-state index contributed by atoms with van der Waals surface area (Å²) >= 11 is 5.80. The van der Waals surface area contributed by atoms with E-state index < -0.39 is 10.7 Å². The standard InChI is InChI=1S/C10H7ClO2S/c11-8-4-5-9-7(6-8)2-1-3-10(9)14(12)13/h1-6,14H. The third-order valence-electron chi connectivity index (χ3n) is 2.02. The van der Waals surface area contributed by atoms with Gasteiger partial charge in [0.15, 0.2) is 10.7 Å². The second-order valence-corrected chi connectivity index (χ2v) is 4.33. The molecule has 2 nitrogen and oxygen atoms in total. The molecule has 0 amide bonds. The predicted molar refractivity (Wildman–Crippen MR) is 57.5 cm³/mol. The molecule has 0 fully saturated rings. The second kappa shape index (κ2) is 3.59. The van der Waals surface area contributed by atoms with E-state index in [9.17, 15) is 8.42 Å². The molecule has 2 rings (SSSR count). The van der Waals surface area contributed by atoms with Crippen LogP contribution in [0.4, 0.5) is 0 Å². The van der Waals surface area contributed by atoms with Crippen molar-refractivity contribution in [2.45, 2.75) is 4.90 Å². The highest BCUT2D eigenvalue weighted by molar-refractivity contribution is 7.72. The second-order valence-electron chi connectivity index (χ2n) is 2.90. The first-order valence-electron chi connectivity index (χ1n) is 4.01. The molecule has 0 bridgehead atoms. The van der Waals surface area contributed by atoms with E-state index >= 15 is 0 Å². The molecule has 0 N–H and O–H groups in total. The highest BCUT2D eigenvalue weighted by Gasteiger charge is 2.02. The van der Waals surface area contributed by atoms with Crippen LogP contribution in [0.1, 0.15) is 0 Å². The Morgan fingerprint density at radius 2 is 1.86 bits per heavy atom. The van der Waals surface area contributed by atoms with Gasteiger partial charge in [-0.3, -0.25) is 0 Å². The third-order valence-corrected chi connectivity index (χ3v) is 3.03. The molecule has 2 aromatic rings. The zero-order valence-electron chi connectivity index (χ0n) is 7.11. The van der Waals surface area contributed by atoms with Crippen LogP contribution in [0.5, 0.6) is 0 Å². The molecule has 0 atom stereocenters. The minimum atomic E-state index is -2.55. The fourth-order valence-electron chi connectivity index (χ4n) is 1.40. The molecular formula is C10H7ClO2S. The van der Waals surface area contributed by atoms with Gasteiger partial charge in [0.25, 0.3) is 0 Å². The van der Waals surface area contributed by atoms with Crippen molar-refractivity contribution in [2.24, 2.45) is 0 Å². The topological polar surface area (TPSA) is 34.1 Å². The maximum absolute atomic E-state index is 10.9. The zero-order chi connectivity index (χ0) is 10.1. The summed E-state index contributed by atoms with van der Waals surface area (Å²) in [6.45, 7) is 0. The van der Waals surface area contributed by atoms with E-state index in [4.69, 9.17) is 11.6 Å². The van der Waals surface area contributed by atoms with Gasteiger partial charge in [0.1, 0.15) is 0 Å². The third kappa shape index (κ3) is 1.61. The van der Waals surface area contributed by atoms with Crippen LogP contribution < -0.4 is 0 Å². The van der Waals surface area contributed by atoms with Gasteiger partial charge in [-0.05, 0) is 23.6 Å². The Balaban J connectivity index is 2.88. The molecule has 0 aromatic heterocycles. The van der Waals surface area contributed by atoms with Crippen molar-refractivity contribution in [3.8, 4) is 0 Å². The summed E-state index contributed by atoms with van der Waals surface area (Å²) in [7, 11) is -2.55. The Morgan fingerprint density at radius 1 is 1.07 bits per heavy atom. The van der Waals surface area contributed by atoms with E-state index in [0.717, 1.165) is 5.39 Å². The lowest BCUT2D eigenvalue weighted by atomic mass is 10.1. The molecule has 0 radical (unpaired) electrons. The molecule has 2 aromatic carbocycles. The average molecular weight is 227 g/mol. The van der Waals surface area contributed by atoms with Gasteiger partial charge in [-0.2, -0.15) is 0 Å². The molecule has 0 saturated carbocycles. The van der Waals surface area contributed by atoms with E-state index in [1.165, 1.54) is 0 Å². The Kier molecular flexibility index (Phi) is 2.44. The van der Waals surface area contributed by atoms with Crippen LogP contribution in [0.2, 0.25) is 5.02 Å². The van der Waals surface area contributed by atoms with E-state index in [-0.39, 0.29) is 0 Å².